The summed E-state index contributed by atoms with van der Waals surface area (Å²) >= 11 is 6.07. The van der Waals surface area contributed by atoms with Crippen LogP contribution in [0.2, 0.25) is 5.02 Å². The molecule has 5 nitrogen and oxygen atoms in total. The van der Waals surface area contributed by atoms with Gasteiger partial charge in [0.1, 0.15) is 6.04 Å². The predicted octanol–water partition coefficient (Wildman–Crippen LogP) is 5.89. The Morgan fingerprint density at radius 2 is 1.46 bits per heavy atom. The van der Waals surface area contributed by atoms with Crippen LogP contribution in [0.25, 0.3) is 16.8 Å². The molecular formula is C31H21ClN2O3. The number of benzene rings is 4. The number of halogens is 1. The number of imide groups is 1. The summed E-state index contributed by atoms with van der Waals surface area (Å²) in [5, 5.41) is 2.30. The second-order valence-corrected chi connectivity index (χ2v) is 10.2. The summed E-state index contributed by atoms with van der Waals surface area (Å²) in [6.45, 7) is 0. The number of carbonyl (C=O) groups excluding carboxylic acids is 3. The fraction of sp³-hybridized carbons (Fsp3) is 0.129. The van der Waals surface area contributed by atoms with Gasteiger partial charge in [-0.25, -0.2) is 4.90 Å². The van der Waals surface area contributed by atoms with Crippen LogP contribution in [0.3, 0.4) is 0 Å². The topological polar surface area (TPSA) is 57.7 Å². The zero-order valence-corrected chi connectivity index (χ0v) is 20.4. The van der Waals surface area contributed by atoms with Gasteiger partial charge in [0.2, 0.25) is 11.8 Å². The lowest BCUT2D eigenvalue weighted by atomic mass is 9.83. The van der Waals surface area contributed by atoms with Gasteiger partial charge in [0.05, 0.1) is 23.6 Å². The highest BCUT2D eigenvalue weighted by Gasteiger charge is 2.64. The van der Waals surface area contributed by atoms with Crippen LogP contribution in [0, 0.1) is 11.8 Å². The maximum absolute atomic E-state index is 14.2. The number of nitrogens with zero attached hydrogens (tertiary/aromatic N) is 2. The van der Waals surface area contributed by atoms with Gasteiger partial charge in [-0.15, -0.1) is 0 Å². The van der Waals surface area contributed by atoms with Crippen LogP contribution in [0.1, 0.15) is 27.5 Å². The molecule has 7 rings (SSSR count). The molecule has 0 bridgehead atoms. The van der Waals surface area contributed by atoms with E-state index < -0.39 is 23.9 Å². The molecule has 4 aromatic carbocycles. The lowest BCUT2D eigenvalue weighted by molar-refractivity contribution is -0.123. The molecule has 4 aromatic rings. The molecule has 0 unspecified atom stereocenters. The van der Waals surface area contributed by atoms with E-state index in [9.17, 15) is 14.4 Å². The van der Waals surface area contributed by atoms with E-state index >= 15 is 0 Å². The zero-order valence-electron chi connectivity index (χ0n) is 19.6. The van der Waals surface area contributed by atoms with E-state index in [2.05, 4.69) is 0 Å². The van der Waals surface area contributed by atoms with E-state index in [0.29, 0.717) is 16.3 Å². The summed E-state index contributed by atoms with van der Waals surface area (Å²) in [7, 11) is 0. The summed E-state index contributed by atoms with van der Waals surface area (Å²) < 4.78 is 0. The van der Waals surface area contributed by atoms with Crippen LogP contribution in [0.15, 0.2) is 97.2 Å². The Kier molecular flexibility index (Phi) is 4.85. The van der Waals surface area contributed by atoms with Crippen molar-refractivity contribution >= 4 is 51.7 Å². The molecule has 0 spiro atoms. The van der Waals surface area contributed by atoms with Gasteiger partial charge in [-0.1, -0.05) is 72.3 Å². The Balaban J connectivity index is 1.40. The Bertz CT molecular complexity index is 1640. The largest absolute Gasteiger partial charge is 0.358 e. The van der Waals surface area contributed by atoms with Gasteiger partial charge in [0, 0.05) is 22.2 Å². The summed E-state index contributed by atoms with van der Waals surface area (Å²) in [5.41, 5.74) is 2.97. The number of hydrogen-bond acceptors (Lipinski definition) is 4. The summed E-state index contributed by atoms with van der Waals surface area (Å²) in [6, 6.07) is 26.7. The predicted molar refractivity (Wildman–Crippen MR) is 143 cm³/mol. The van der Waals surface area contributed by atoms with Crippen molar-refractivity contribution in [3.8, 4) is 0 Å². The third-order valence-electron chi connectivity index (χ3n) is 7.87. The van der Waals surface area contributed by atoms with Gasteiger partial charge >= 0.3 is 0 Å². The van der Waals surface area contributed by atoms with Gasteiger partial charge in [-0.3, -0.25) is 14.4 Å². The van der Waals surface area contributed by atoms with E-state index in [1.807, 2.05) is 83.9 Å². The Hall–Kier alpha value is -4.22. The molecule has 0 aromatic heterocycles. The van der Waals surface area contributed by atoms with Crippen molar-refractivity contribution in [1.82, 2.24) is 4.90 Å². The van der Waals surface area contributed by atoms with Crippen LogP contribution in [0.5, 0.6) is 0 Å². The maximum Gasteiger partial charge on any atom is 0.240 e. The van der Waals surface area contributed by atoms with Gasteiger partial charge in [0.15, 0.2) is 5.78 Å². The first-order chi connectivity index (χ1) is 18.0. The average molecular weight is 505 g/mol. The average Bonchev–Trinajstić information content (AvgIpc) is 3.40. The highest BCUT2D eigenvalue weighted by atomic mass is 35.5. The third-order valence-corrected chi connectivity index (χ3v) is 8.12. The lowest BCUT2D eigenvalue weighted by Crippen LogP contribution is -2.44. The molecule has 0 saturated carbocycles. The quantitative estimate of drug-likeness (QED) is 0.258. The molecule has 0 aliphatic carbocycles. The molecule has 3 aliphatic heterocycles. The van der Waals surface area contributed by atoms with E-state index in [1.165, 1.54) is 4.90 Å². The normalized spacial score (nSPS) is 23.8. The van der Waals surface area contributed by atoms with Gasteiger partial charge in [-0.05, 0) is 52.9 Å². The fourth-order valence-electron chi connectivity index (χ4n) is 6.28. The first kappa shape index (κ1) is 22.0. The number of hydrogen-bond donors (Lipinski definition) is 0. The molecule has 180 valence electrons. The molecule has 3 aliphatic rings. The number of ketones is 1. The van der Waals surface area contributed by atoms with Gasteiger partial charge in [0.25, 0.3) is 0 Å². The Labute approximate surface area is 218 Å². The van der Waals surface area contributed by atoms with Crippen LogP contribution in [-0.2, 0) is 9.59 Å². The SMILES string of the molecule is O=C(c1ccc(Cl)cc1)[C@@H]1[C@@H]2C(=O)N(c3cccc4ccccc34)C(=O)[C@H]2[C@@H]2c3ccccc3C=CN12. The highest BCUT2D eigenvalue weighted by Crippen LogP contribution is 2.54. The van der Waals surface area contributed by atoms with Gasteiger partial charge < -0.3 is 4.90 Å². The van der Waals surface area contributed by atoms with E-state index in [4.69, 9.17) is 11.6 Å². The second kappa shape index (κ2) is 8.15. The van der Waals surface area contributed by atoms with E-state index in [-0.39, 0.29) is 17.6 Å². The van der Waals surface area contributed by atoms with Crippen molar-refractivity contribution in [3.63, 3.8) is 0 Å². The minimum Gasteiger partial charge on any atom is -0.358 e. The van der Waals surface area contributed by atoms with Crippen LogP contribution < -0.4 is 4.90 Å². The zero-order chi connectivity index (χ0) is 25.3. The molecular weight excluding hydrogens is 484 g/mol. The van der Waals surface area contributed by atoms with Gasteiger partial charge in [-0.2, -0.15) is 0 Å². The van der Waals surface area contributed by atoms with Crippen molar-refractivity contribution < 1.29 is 14.4 Å². The minimum atomic E-state index is -0.810. The fourth-order valence-corrected chi connectivity index (χ4v) is 6.41. The summed E-state index contributed by atoms with van der Waals surface area (Å²) in [6.07, 6.45) is 3.82. The van der Waals surface area contributed by atoms with Crippen molar-refractivity contribution in [2.24, 2.45) is 11.8 Å². The minimum absolute atomic E-state index is 0.195. The van der Waals surface area contributed by atoms with Crippen LogP contribution in [-0.4, -0.2) is 28.5 Å². The summed E-state index contributed by atoms with van der Waals surface area (Å²) in [4.78, 5) is 45.6. The molecule has 2 saturated heterocycles. The first-order valence-electron chi connectivity index (χ1n) is 12.2. The number of rotatable bonds is 3. The second-order valence-electron chi connectivity index (χ2n) is 9.71. The molecule has 2 amide bonds. The highest BCUT2D eigenvalue weighted by molar-refractivity contribution is 6.30. The number of anilines is 1. The molecule has 0 radical (unpaired) electrons. The van der Waals surface area contributed by atoms with Crippen molar-refractivity contribution in [2.45, 2.75) is 12.1 Å². The third kappa shape index (κ3) is 3.14. The standard InChI is InChI=1S/C31H21ClN2O3/c32-21-14-12-20(13-15-21)29(35)28-26-25(27-23-10-4-2-7-19(23)16-17-33(27)28)30(36)34(31(26)37)24-11-5-8-18-6-1-3-9-22(18)24/h1-17,25-28H/t25-,26-,27+,28+/m1/s1. The molecule has 37 heavy (non-hydrogen) atoms. The Morgan fingerprint density at radius 1 is 0.757 bits per heavy atom. The van der Waals surface area contributed by atoms with Crippen molar-refractivity contribution in [3.05, 3.63) is 119 Å². The number of carbonyl (C=O) groups is 3. The van der Waals surface area contributed by atoms with Crippen LogP contribution >= 0.6 is 11.6 Å². The van der Waals surface area contributed by atoms with Crippen molar-refractivity contribution in [1.29, 1.82) is 0 Å². The first-order valence-corrected chi connectivity index (χ1v) is 12.6. The molecule has 2 fully saturated rings. The Morgan fingerprint density at radius 3 is 2.30 bits per heavy atom. The van der Waals surface area contributed by atoms with E-state index in [1.54, 1.807) is 24.3 Å². The smallest absolute Gasteiger partial charge is 0.240 e. The monoisotopic (exact) mass is 504 g/mol. The number of fused-ring (bicyclic) bond motifs is 6. The van der Waals surface area contributed by atoms with Crippen molar-refractivity contribution in [2.75, 3.05) is 4.90 Å². The molecule has 6 heteroatoms. The number of Topliss-reactive ketones (excluding diaryl/α,β-unsaturated/α-hetero) is 1. The molecule has 4 atom stereocenters. The molecule has 0 N–H and O–H groups in total. The van der Waals surface area contributed by atoms with Crippen LogP contribution in [0.4, 0.5) is 5.69 Å². The molecule has 3 heterocycles. The maximum atomic E-state index is 14.2. The van der Waals surface area contributed by atoms with E-state index in [0.717, 1.165) is 21.9 Å². The summed E-state index contributed by atoms with van der Waals surface area (Å²) in [5.74, 6) is -2.29. The lowest BCUT2D eigenvalue weighted by Gasteiger charge is -2.35. The number of amides is 2.